The van der Waals surface area contributed by atoms with Crippen molar-refractivity contribution in [3.8, 4) is 0 Å². The highest BCUT2D eigenvalue weighted by molar-refractivity contribution is 5.95. The minimum absolute atomic E-state index is 0.0684. The molecule has 1 aromatic rings. The summed E-state index contributed by atoms with van der Waals surface area (Å²) < 4.78 is 6.02. The summed E-state index contributed by atoms with van der Waals surface area (Å²) in [5.41, 5.74) is -0.265. The summed E-state index contributed by atoms with van der Waals surface area (Å²) in [5, 5.41) is 13.1. The Bertz CT molecular complexity index is 598. The van der Waals surface area contributed by atoms with Gasteiger partial charge in [-0.15, -0.1) is 0 Å². The molecule has 1 atom stereocenters. The third-order valence-electron chi connectivity index (χ3n) is 3.39. The molecule has 0 unspecified atom stereocenters. The summed E-state index contributed by atoms with van der Waals surface area (Å²) in [7, 11) is 1.50. The number of nitrogens with zero attached hydrogens (tertiary/aromatic N) is 3. The van der Waals surface area contributed by atoms with Crippen molar-refractivity contribution >= 4 is 11.9 Å². The molecule has 0 spiro atoms. The lowest BCUT2D eigenvalue weighted by Gasteiger charge is -2.21. The molecule has 0 aromatic carbocycles. The van der Waals surface area contributed by atoms with Gasteiger partial charge in [0.1, 0.15) is 11.7 Å². The van der Waals surface area contributed by atoms with Crippen molar-refractivity contribution in [2.45, 2.75) is 25.4 Å². The van der Waals surface area contributed by atoms with Crippen LogP contribution >= 0.6 is 0 Å². The molecule has 1 amide bonds. The molecule has 8 heteroatoms. The average molecular weight is 295 g/mol. The molecule has 1 saturated heterocycles. The smallest absolute Gasteiger partial charge is 0.326 e. The molecule has 1 fully saturated rings. The summed E-state index contributed by atoms with van der Waals surface area (Å²) in [6.07, 6.45) is 1.08. The number of carbonyl (C=O) groups is 2. The molecule has 8 nitrogen and oxygen atoms in total. The van der Waals surface area contributed by atoms with E-state index in [1.54, 1.807) is 0 Å². The molecule has 21 heavy (non-hydrogen) atoms. The molecule has 0 radical (unpaired) electrons. The van der Waals surface area contributed by atoms with E-state index < -0.39 is 17.9 Å². The van der Waals surface area contributed by atoms with Crippen molar-refractivity contribution in [2.75, 3.05) is 20.3 Å². The molecule has 2 heterocycles. The van der Waals surface area contributed by atoms with Crippen LogP contribution in [0.4, 0.5) is 0 Å². The van der Waals surface area contributed by atoms with Crippen LogP contribution in [0.2, 0.25) is 0 Å². The Labute approximate surface area is 120 Å². The quantitative estimate of drug-likeness (QED) is 0.791. The minimum Gasteiger partial charge on any atom is -0.480 e. The number of methoxy groups -OCH3 is 1. The van der Waals surface area contributed by atoms with Crippen molar-refractivity contribution in [1.82, 2.24) is 14.7 Å². The number of amides is 1. The number of aliphatic carboxylic acids is 1. The van der Waals surface area contributed by atoms with Gasteiger partial charge in [-0.2, -0.15) is 5.10 Å². The minimum atomic E-state index is -1.02. The van der Waals surface area contributed by atoms with Crippen LogP contribution in [0.5, 0.6) is 0 Å². The first kappa shape index (κ1) is 15.2. The lowest BCUT2D eigenvalue weighted by molar-refractivity contribution is -0.141. The molecular weight excluding hydrogens is 278 g/mol. The number of carboxylic acids is 1. The second-order valence-corrected chi connectivity index (χ2v) is 4.77. The third-order valence-corrected chi connectivity index (χ3v) is 3.39. The first-order chi connectivity index (χ1) is 10.0. The van der Waals surface area contributed by atoms with Gasteiger partial charge in [0, 0.05) is 19.7 Å². The number of likely N-dealkylation sites (tertiary alicyclic amines) is 1. The Morgan fingerprint density at radius 1 is 1.48 bits per heavy atom. The Balaban J connectivity index is 2.23. The molecule has 1 aliphatic rings. The molecule has 1 N–H and O–H groups in total. The Hall–Kier alpha value is -2.22. The molecule has 0 saturated carbocycles. The zero-order valence-electron chi connectivity index (χ0n) is 11.7. The topological polar surface area (TPSA) is 102 Å². The number of rotatable bonds is 5. The van der Waals surface area contributed by atoms with Gasteiger partial charge in [0.15, 0.2) is 0 Å². The highest BCUT2D eigenvalue weighted by Crippen LogP contribution is 2.19. The number of carboxylic acid groups (broad SMARTS) is 1. The van der Waals surface area contributed by atoms with Crippen LogP contribution in [-0.4, -0.2) is 58.0 Å². The summed E-state index contributed by atoms with van der Waals surface area (Å²) >= 11 is 0. The zero-order chi connectivity index (χ0) is 15.4. The fraction of sp³-hybridized carbons (Fsp3) is 0.538. The molecule has 2 rings (SSSR count). The number of aromatic nitrogens is 2. The SMILES string of the molecule is COCCn1nc(C(=O)N2CCC[C@@H]2C(=O)O)ccc1=O. The van der Waals surface area contributed by atoms with Crippen LogP contribution in [0.1, 0.15) is 23.3 Å². The van der Waals surface area contributed by atoms with Gasteiger partial charge in [0.05, 0.1) is 13.2 Å². The number of carbonyl (C=O) groups excluding carboxylic acids is 1. The van der Waals surface area contributed by atoms with Crippen molar-refractivity contribution in [3.63, 3.8) is 0 Å². The van der Waals surface area contributed by atoms with E-state index in [1.807, 2.05) is 0 Å². The largest absolute Gasteiger partial charge is 0.480 e. The monoisotopic (exact) mass is 295 g/mol. The Morgan fingerprint density at radius 3 is 2.90 bits per heavy atom. The van der Waals surface area contributed by atoms with Crippen molar-refractivity contribution in [3.05, 3.63) is 28.2 Å². The van der Waals surface area contributed by atoms with E-state index in [0.717, 1.165) is 4.68 Å². The fourth-order valence-corrected chi connectivity index (χ4v) is 2.31. The predicted molar refractivity (Wildman–Crippen MR) is 72.1 cm³/mol. The van der Waals surface area contributed by atoms with Gasteiger partial charge < -0.3 is 14.7 Å². The van der Waals surface area contributed by atoms with Gasteiger partial charge in [-0.05, 0) is 18.9 Å². The van der Waals surface area contributed by atoms with Gasteiger partial charge in [-0.3, -0.25) is 9.59 Å². The molecule has 1 aromatic heterocycles. The van der Waals surface area contributed by atoms with Crippen LogP contribution in [0.15, 0.2) is 16.9 Å². The van der Waals surface area contributed by atoms with Crippen LogP contribution in [-0.2, 0) is 16.1 Å². The van der Waals surface area contributed by atoms with Crippen molar-refractivity contribution in [1.29, 1.82) is 0 Å². The van der Waals surface area contributed by atoms with E-state index in [9.17, 15) is 14.4 Å². The predicted octanol–water partition coefficient (Wildman–Crippen LogP) is -0.421. The first-order valence-corrected chi connectivity index (χ1v) is 6.65. The molecule has 0 bridgehead atoms. The van der Waals surface area contributed by atoms with E-state index in [1.165, 1.54) is 24.1 Å². The summed E-state index contributed by atoms with van der Waals surface area (Å²) in [4.78, 5) is 36.4. The zero-order valence-corrected chi connectivity index (χ0v) is 11.7. The lowest BCUT2D eigenvalue weighted by Crippen LogP contribution is -2.41. The molecule has 1 aliphatic heterocycles. The van der Waals surface area contributed by atoms with Crippen molar-refractivity contribution in [2.24, 2.45) is 0 Å². The summed E-state index contributed by atoms with van der Waals surface area (Å²) in [6, 6.07) is 1.76. The van der Waals surface area contributed by atoms with Gasteiger partial charge in [0.25, 0.3) is 11.5 Å². The van der Waals surface area contributed by atoms with Crippen LogP contribution < -0.4 is 5.56 Å². The molecular formula is C13H17N3O5. The number of hydrogen-bond acceptors (Lipinski definition) is 5. The van der Waals surface area contributed by atoms with E-state index in [4.69, 9.17) is 9.84 Å². The normalized spacial score (nSPS) is 18.0. The lowest BCUT2D eigenvalue weighted by atomic mass is 10.2. The van der Waals surface area contributed by atoms with Gasteiger partial charge in [-0.25, -0.2) is 9.48 Å². The summed E-state index contributed by atoms with van der Waals surface area (Å²) in [6.45, 7) is 0.916. The summed E-state index contributed by atoms with van der Waals surface area (Å²) in [5.74, 6) is -1.49. The molecule has 114 valence electrons. The number of hydrogen-bond donors (Lipinski definition) is 1. The van der Waals surface area contributed by atoms with Gasteiger partial charge >= 0.3 is 5.97 Å². The maximum absolute atomic E-state index is 12.4. The van der Waals surface area contributed by atoms with Crippen LogP contribution in [0, 0.1) is 0 Å². The van der Waals surface area contributed by atoms with Crippen LogP contribution in [0.3, 0.4) is 0 Å². The standard InChI is InChI=1S/C13H17N3O5/c1-21-8-7-16-11(17)5-4-9(14-16)12(18)15-6-2-3-10(15)13(19)20/h4-5,10H,2-3,6-8H2,1H3,(H,19,20)/t10-/m1/s1. The van der Waals surface area contributed by atoms with Gasteiger partial charge in [0.2, 0.25) is 0 Å². The van der Waals surface area contributed by atoms with Gasteiger partial charge in [-0.1, -0.05) is 0 Å². The van der Waals surface area contributed by atoms with Crippen LogP contribution in [0.25, 0.3) is 0 Å². The first-order valence-electron chi connectivity index (χ1n) is 6.65. The highest BCUT2D eigenvalue weighted by Gasteiger charge is 2.35. The maximum Gasteiger partial charge on any atom is 0.326 e. The Morgan fingerprint density at radius 2 is 2.24 bits per heavy atom. The maximum atomic E-state index is 12.4. The van der Waals surface area contributed by atoms with E-state index in [2.05, 4.69) is 5.10 Å². The average Bonchev–Trinajstić information content (AvgIpc) is 2.95. The number of ether oxygens (including phenoxy) is 1. The highest BCUT2D eigenvalue weighted by atomic mass is 16.5. The van der Waals surface area contributed by atoms with E-state index >= 15 is 0 Å². The van der Waals surface area contributed by atoms with E-state index in [0.29, 0.717) is 26.0 Å². The Kier molecular flexibility index (Phi) is 4.69. The van der Waals surface area contributed by atoms with Crippen molar-refractivity contribution < 1.29 is 19.4 Å². The van der Waals surface area contributed by atoms with E-state index in [-0.39, 0.29) is 17.8 Å². The fourth-order valence-electron chi connectivity index (χ4n) is 2.31. The molecule has 0 aliphatic carbocycles. The third kappa shape index (κ3) is 3.27. The second-order valence-electron chi connectivity index (χ2n) is 4.77. The second kappa shape index (κ2) is 6.49.